The summed E-state index contributed by atoms with van der Waals surface area (Å²) in [7, 11) is 0. The fraction of sp³-hybridized carbons (Fsp3) is 0. The number of nitrogens with zero attached hydrogens (tertiary/aromatic N) is 5. The third-order valence-corrected chi connectivity index (χ3v) is 10.2. The molecule has 0 radical (unpaired) electrons. The molecular weight excluding hydrogens is 679 g/mol. The van der Waals surface area contributed by atoms with Crippen molar-refractivity contribution in [2.24, 2.45) is 0 Å². The van der Waals surface area contributed by atoms with Gasteiger partial charge in [0.05, 0.1) is 11.0 Å². The number of pyridine rings is 2. The van der Waals surface area contributed by atoms with Crippen molar-refractivity contribution in [3.05, 3.63) is 176 Å². The van der Waals surface area contributed by atoms with Crippen molar-refractivity contribution >= 4 is 71.8 Å². The number of rotatable bonds is 6. The maximum atomic E-state index is 6.09. The van der Waals surface area contributed by atoms with Gasteiger partial charge in [-0.3, -0.25) is 9.97 Å². The summed E-state index contributed by atoms with van der Waals surface area (Å²) in [5.41, 5.74) is 12.2. The number of benzene rings is 7. The Morgan fingerprint density at radius 3 is 1.64 bits per heavy atom. The molecule has 0 unspecified atom stereocenters. The first-order valence-electron chi connectivity index (χ1n) is 18.1. The van der Waals surface area contributed by atoms with Crippen LogP contribution in [0.5, 0.6) is 0 Å². The van der Waals surface area contributed by atoms with Crippen LogP contribution in [0.1, 0.15) is 0 Å². The standard InChI is InChI=1S/C48H29N5O2/c1-3-9-44-41(7-1)51-47(54-44)30-13-18-35(19-14-30)53(36-20-15-31(16-21-36)48-52-42-8-2-4-10-45(42)55-48)37-22-17-32-28-34(12-11-33(32)29-37)38-25-27-50-43-24-23-40-39(46(38)43)6-5-26-49-40/h1-29H. The largest absolute Gasteiger partial charge is 0.436 e. The second-order valence-electron chi connectivity index (χ2n) is 13.5. The zero-order valence-corrected chi connectivity index (χ0v) is 29.3. The quantitative estimate of drug-likeness (QED) is 0.159. The molecule has 0 bridgehead atoms. The molecular formula is C48H29N5O2. The topological polar surface area (TPSA) is 81.1 Å². The van der Waals surface area contributed by atoms with Gasteiger partial charge in [0.1, 0.15) is 11.0 Å². The van der Waals surface area contributed by atoms with Crippen molar-refractivity contribution < 1.29 is 8.83 Å². The predicted molar refractivity (Wildman–Crippen MR) is 221 cm³/mol. The van der Waals surface area contributed by atoms with Gasteiger partial charge in [-0.1, -0.05) is 48.5 Å². The van der Waals surface area contributed by atoms with Gasteiger partial charge >= 0.3 is 0 Å². The number of para-hydroxylation sites is 4. The highest BCUT2D eigenvalue weighted by Gasteiger charge is 2.17. The first kappa shape index (κ1) is 30.9. The van der Waals surface area contributed by atoms with Crippen LogP contribution in [0, 0.1) is 0 Å². The third kappa shape index (κ3) is 5.37. The lowest BCUT2D eigenvalue weighted by Crippen LogP contribution is -2.09. The lowest BCUT2D eigenvalue weighted by atomic mass is 9.96. The van der Waals surface area contributed by atoms with E-state index in [0.29, 0.717) is 11.8 Å². The van der Waals surface area contributed by atoms with Crippen LogP contribution in [0.25, 0.3) is 88.8 Å². The Bertz CT molecular complexity index is 3040. The van der Waals surface area contributed by atoms with Gasteiger partial charge in [0.2, 0.25) is 11.8 Å². The van der Waals surface area contributed by atoms with Gasteiger partial charge in [-0.2, -0.15) is 0 Å². The molecule has 0 spiro atoms. The van der Waals surface area contributed by atoms with Crippen molar-refractivity contribution in [1.82, 2.24) is 19.9 Å². The number of anilines is 3. The van der Waals surface area contributed by atoms with E-state index in [1.807, 2.05) is 73.1 Å². The number of fused-ring (bicyclic) bond motifs is 6. The monoisotopic (exact) mass is 707 g/mol. The second-order valence-corrected chi connectivity index (χ2v) is 13.5. The SMILES string of the molecule is c1ccc2oc(-c3ccc(N(c4ccc(-c5nc6ccccc6o5)cc4)c4ccc5cc(-c6ccnc7ccc8ncccc8c67)ccc5c4)cc3)nc2c1. The Morgan fingerprint density at radius 1 is 0.400 bits per heavy atom. The summed E-state index contributed by atoms with van der Waals surface area (Å²) in [6.45, 7) is 0. The first-order chi connectivity index (χ1) is 27.2. The molecule has 0 saturated carbocycles. The molecule has 0 aliphatic carbocycles. The van der Waals surface area contributed by atoms with E-state index in [9.17, 15) is 0 Å². The number of oxazole rings is 2. The van der Waals surface area contributed by atoms with Gasteiger partial charge in [0.15, 0.2) is 11.2 Å². The molecule has 0 aliphatic heterocycles. The molecule has 0 fully saturated rings. The average molecular weight is 708 g/mol. The van der Waals surface area contributed by atoms with Gasteiger partial charge in [-0.05, 0) is 137 Å². The van der Waals surface area contributed by atoms with Crippen molar-refractivity contribution in [3.8, 4) is 34.0 Å². The fourth-order valence-corrected chi connectivity index (χ4v) is 7.53. The van der Waals surface area contributed by atoms with Crippen LogP contribution in [0.2, 0.25) is 0 Å². The Kier molecular flexibility index (Phi) is 7.03. The highest BCUT2D eigenvalue weighted by Crippen LogP contribution is 2.40. The van der Waals surface area contributed by atoms with E-state index in [-0.39, 0.29) is 0 Å². The molecule has 0 aliphatic rings. The van der Waals surface area contributed by atoms with Gasteiger partial charge in [0.25, 0.3) is 0 Å². The van der Waals surface area contributed by atoms with Gasteiger partial charge in [-0.15, -0.1) is 0 Å². The van der Waals surface area contributed by atoms with Crippen LogP contribution in [0.3, 0.4) is 0 Å². The van der Waals surface area contributed by atoms with E-state index in [0.717, 1.165) is 94.1 Å². The molecule has 11 rings (SSSR count). The molecule has 0 saturated heterocycles. The summed E-state index contributed by atoms with van der Waals surface area (Å²) in [4.78, 5) is 21.0. The molecule has 7 nitrogen and oxygen atoms in total. The van der Waals surface area contributed by atoms with Crippen LogP contribution < -0.4 is 4.90 Å². The predicted octanol–water partition coefficient (Wildman–Crippen LogP) is 12.7. The van der Waals surface area contributed by atoms with Crippen LogP contribution >= 0.6 is 0 Å². The summed E-state index contributed by atoms with van der Waals surface area (Å²) in [5.74, 6) is 1.18. The average Bonchev–Trinajstić information content (AvgIpc) is 3.89. The lowest BCUT2D eigenvalue weighted by molar-refractivity contribution is 0.619. The highest BCUT2D eigenvalue weighted by atomic mass is 16.4. The molecule has 0 atom stereocenters. The molecule has 4 aromatic heterocycles. The lowest BCUT2D eigenvalue weighted by Gasteiger charge is -2.26. The summed E-state index contributed by atoms with van der Waals surface area (Å²) in [6, 6.07) is 55.9. The van der Waals surface area contributed by atoms with E-state index in [1.54, 1.807) is 0 Å². The van der Waals surface area contributed by atoms with E-state index in [1.165, 1.54) is 0 Å². The number of aromatic nitrogens is 4. The Hall–Kier alpha value is -7.64. The Labute approximate surface area is 314 Å². The van der Waals surface area contributed by atoms with Gasteiger partial charge in [0, 0.05) is 51.4 Å². The molecule has 11 aromatic rings. The molecule has 4 heterocycles. The van der Waals surface area contributed by atoms with Crippen molar-refractivity contribution in [2.45, 2.75) is 0 Å². The summed E-state index contributed by atoms with van der Waals surface area (Å²) >= 11 is 0. The molecule has 258 valence electrons. The summed E-state index contributed by atoms with van der Waals surface area (Å²) < 4.78 is 12.2. The zero-order chi connectivity index (χ0) is 36.3. The summed E-state index contributed by atoms with van der Waals surface area (Å²) in [6.07, 6.45) is 3.72. The smallest absolute Gasteiger partial charge is 0.227 e. The maximum Gasteiger partial charge on any atom is 0.227 e. The number of hydrogen-bond acceptors (Lipinski definition) is 7. The molecule has 0 amide bonds. The minimum atomic E-state index is 0.592. The van der Waals surface area contributed by atoms with Crippen molar-refractivity contribution in [1.29, 1.82) is 0 Å². The van der Waals surface area contributed by atoms with Crippen molar-refractivity contribution in [3.63, 3.8) is 0 Å². The Morgan fingerprint density at radius 2 is 0.964 bits per heavy atom. The zero-order valence-electron chi connectivity index (χ0n) is 29.3. The molecule has 7 aromatic carbocycles. The van der Waals surface area contributed by atoms with Crippen LogP contribution in [0.15, 0.2) is 185 Å². The molecule has 7 heteroatoms. The Balaban J connectivity index is 0.999. The van der Waals surface area contributed by atoms with E-state index in [2.05, 4.69) is 118 Å². The normalized spacial score (nSPS) is 11.6. The molecule has 0 N–H and O–H groups in total. The second kappa shape index (κ2) is 12.5. The number of hydrogen-bond donors (Lipinski definition) is 0. The van der Waals surface area contributed by atoms with Gasteiger partial charge in [-0.25, -0.2) is 9.97 Å². The van der Waals surface area contributed by atoms with E-state index >= 15 is 0 Å². The van der Waals surface area contributed by atoms with E-state index in [4.69, 9.17) is 18.8 Å². The minimum Gasteiger partial charge on any atom is -0.436 e. The maximum absolute atomic E-state index is 6.09. The van der Waals surface area contributed by atoms with E-state index < -0.39 is 0 Å². The fourth-order valence-electron chi connectivity index (χ4n) is 7.53. The van der Waals surface area contributed by atoms with Crippen LogP contribution in [0.4, 0.5) is 17.1 Å². The minimum absolute atomic E-state index is 0.592. The van der Waals surface area contributed by atoms with Crippen LogP contribution in [-0.2, 0) is 0 Å². The van der Waals surface area contributed by atoms with Crippen molar-refractivity contribution in [2.75, 3.05) is 4.90 Å². The first-order valence-corrected chi connectivity index (χ1v) is 18.1. The van der Waals surface area contributed by atoms with Gasteiger partial charge < -0.3 is 13.7 Å². The highest BCUT2D eigenvalue weighted by molar-refractivity contribution is 6.12. The molecule has 55 heavy (non-hydrogen) atoms. The summed E-state index contributed by atoms with van der Waals surface area (Å²) in [5, 5.41) is 4.47. The third-order valence-electron chi connectivity index (χ3n) is 10.2. The van der Waals surface area contributed by atoms with Crippen LogP contribution in [-0.4, -0.2) is 19.9 Å².